The monoisotopic (exact) mass is 264 g/mol. The molecule has 2 N–H and O–H groups in total. The second-order valence-electron chi connectivity index (χ2n) is 4.12. The van der Waals surface area contributed by atoms with E-state index < -0.39 is 0 Å². The van der Waals surface area contributed by atoms with Gasteiger partial charge in [-0.1, -0.05) is 6.42 Å². The van der Waals surface area contributed by atoms with Crippen LogP contribution in [0.1, 0.15) is 31.4 Å². The number of carbonyl (C=O) groups is 2. The van der Waals surface area contributed by atoms with E-state index in [0.29, 0.717) is 18.7 Å². The molecule has 0 bridgehead atoms. The van der Waals surface area contributed by atoms with Crippen molar-refractivity contribution < 1.29 is 14.0 Å². The lowest BCUT2D eigenvalue weighted by molar-refractivity contribution is -0.120. The maximum atomic E-state index is 11.4. The summed E-state index contributed by atoms with van der Waals surface area (Å²) >= 11 is 0. The van der Waals surface area contributed by atoms with Crippen molar-refractivity contribution in [1.29, 1.82) is 0 Å². The minimum Gasteiger partial charge on any atom is -0.465 e. The Bertz CT molecular complexity index is 410. The van der Waals surface area contributed by atoms with E-state index in [1.807, 2.05) is 0 Å². The van der Waals surface area contributed by atoms with Gasteiger partial charge in [0.2, 0.25) is 11.8 Å². The van der Waals surface area contributed by atoms with Crippen molar-refractivity contribution in [1.82, 2.24) is 10.6 Å². The normalized spacial score (nSPS) is 10.6. The molecule has 5 nitrogen and oxygen atoms in total. The number of carbonyl (C=O) groups excluding carboxylic acids is 2. The van der Waals surface area contributed by atoms with Gasteiger partial charge in [0.15, 0.2) is 0 Å². The maximum absolute atomic E-state index is 11.4. The van der Waals surface area contributed by atoms with Gasteiger partial charge in [0.25, 0.3) is 0 Å². The van der Waals surface area contributed by atoms with Crippen LogP contribution >= 0.6 is 0 Å². The molecule has 0 aliphatic carbocycles. The Balaban J connectivity index is 2.03. The molecule has 0 saturated carbocycles. The zero-order chi connectivity index (χ0) is 13.9. The summed E-state index contributed by atoms with van der Waals surface area (Å²) in [5.41, 5.74) is 0. The summed E-state index contributed by atoms with van der Waals surface area (Å²) in [4.78, 5) is 22.4. The molecule has 0 saturated heterocycles. The van der Waals surface area contributed by atoms with Gasteiger partial charge < -0.3 is 15.1 Å². The molecule has 2 amide bonds. The second-order valence-corrected chi connectivity index (χ2v) is 4.12. The standard InChI is InChI=1S/C14H20N2O3/c1-15-13(17)7-3-2-4-10-16-14(18)9-8-12-6-5-11-19-12/h5-6,8-9,11H,2-4,7,10H2,1H3,(H,15,17)(H,16,18)/b9-8+. The molecule has 0 aliphatic rings. The lowest BCUT2D eigenvalue weighted by Crippen LogP contribution is -2.22. The van der Waals surface area contributed by atoms with Crippen LogP contribution in [0.15, 0.2) is 28.9 Å². The first kappa shape index (κ1) is 15.0. The fourth-order valence-electron chi connectivity index (χ4n) is 1.53. The number of amides is 2. The molecular formula is C14H20N2O3. The van der Waals surface area contributed by atoms with Gasteiger partial charge in [0.1, 0.15) is 5.76 Å². The lowest BCUT2D eigenvalue weighted by atomic mass is 10.2. The first-order chi connectivity index (χ1) is 9.22. The van der Waals surface area contributed by atoms with Crippen LogP contribution in [0.2, 0.25) is 0 Å². The van der Waals surface area contributed by atoms with Gasteiger partial charge >= 0.3 is 0 Å². The van der Waals surface area contributed by atoms with Crippen LogP contribution in [-0.2, 0) is 9.59 Å². The predicted octanol–water partition coefficient (Wildman–Crippen LogP) is 1.72. The zero-order valence-corrected chi connectivity index (χ0v) is 11.1. The van der Waals surface area contributed by atoms with Crippen molar-refractivity contribution in [2.75, 3.05) is 13.6 Å². The molecule has 0 atom stereocenters. The Morgan fingerprint density at radius 3 is 2.84 bits per heavy atom. The molecule has 0 fully saturated rings. The van der Waals surface area contributed by atoms with E-state index in [9.17, 15) is 9.59 Å². The Morgan fingerprint density at radius 2 is 2.16 bits per heavy atom. The summed E-state index contributed by atoms with van der Waals surface area (Å²) in [5.74, 6) is 0.578. The third-order valence-electron chi connectivity index (χ3n) is 2.60. The minimum atomic E-state index is -0.136. The minimum absolute atomic E-state index is 0.0606. The fraction of sp³-hybridized carbons (Fsp3) is 0.429. The van der Waals surface area contributed by atoms with Crippen LogP contribution in [0.3, 0.4) is 0 Å². The molecule has 5 heteroatoms. The average molecular weight is 264 g/mol. The lowest BCUT2D eigenvalue weighted by Gasteiger charge is -2.02. The molecule has 0 radical (unpaired) electrons. The number of hydrogen-bond acceptors (Lipinski definition) is 3. The Labute approximate surface area is 113 Å². The number of rotatable bonds is 8. The summed E-state index contributed by atoms with van der Waals surface area (Å²) in [7, 11) is 1.63. The van der Waals surface area contributed by atoms with Crippen molar-refractivity contribution in [2.45, 2.75) is 25.7 Å². The molecule has 1 heterocycles. The Morgan fingerprint density at radius 1 is 1.32 bits per heavy atom. The predicted molar refractivity (Wildman–Crippen MR) is 73.3 cm³/mol. The van der Waals surface area contributed by atoms with E-state index in [2.05, 4.69) is 10.6 Å². The van der Waals surface area contributed by atoms with Crippen LogP contribution < -0.4 is 10.6 Å². The number of nitrogens with one attached hydrogen (secondary N) is 2. The van der Waals surface area contributed by atoms with Gasteiger partial charge in [-0.3, -0.25) is 9.59 Å². The fourth-order valence-corrected chi connectivity index (χ4v) is 1.53. The molecule has 0 unspecified atom stereocenters. The van der Waals surface area contributed by atoms with Crippen LogP contribution in [0, 0.1) is 0 Å². The molecule has 1 aromatic rings. The molecule has 0 aliphatic heterocycles. The summed E-state index contributed by atoms with van der Waals surface area (Å²) in [6.45, 7) is 0.620. The van der Waals surface area contributed by atoms with Crippen molar-refractivity contribution in [3.8, 4) is 0 Å². The summed E-state index contributed by atoms with van der Waals surface area (Å²) < 4.78 is 5.07. The highest BCUT2D eigenvalue weighted by molar-refractivity contribution is 5.91. The quantitative estimate of drug-likeness (QED) is 0.554. The van der Waals surface area contributed by atoms with Crippen molar-refractivity contribution in [3.05, 3.63) is 30.2 Å². The zero-order valence-electron chi connectivity index (χ0n) is 11.1. The third-order valence-corrected chi connectivity index (χ3v) is 2.60. The second kappa shape index (κ2) is 8.97. The molecule has 0 spiro atoms. The highest BCUT2D eigenvalue weighted by atomic mass is 16.3. The van der Waals surface area contributed by atoms with Crippen LogP contribution in [0.25, 0.3) is 6.08 Å². The van der Waals surface area contributed by atoms with Crippen LogP contribution in [-0.4, -0.2) is 25.4 Å². The topological polar surface area (TPSA) is 71.3 Å². The van der Waals surface area contributed by atoms with E-state index in [1.165, 1.54) is 6.08 Å². The Kier molecular flexibility index (Phi) is 7.09. The summed E-state index contributed by atoms with van der Waals surface area (Å²) in [5, 5.41) is 5.36. The molecule has 19 heavy (non-hydrogen) atoms. The first-order valence-electron chi connectivity index (χ1n) is 6.42. The van der Waals surface area contributed by atoms with Crippen LogP contribution in [0.5, 0.6) is 0 Å². The van der Waals surface area contributed by atoms with E-state index >= 15 is 0 Å². The highest BCUT2D eigenvalue weighted by Crippen LogP contribution is 2.02. The average Bonchev–Trinajstić information content (AvgIpc) is 2.93. The van der Waals surface area contributed by atoms with Gasteiger partial charge in [0, 0.05) is 26.1 Å². The van der Waals surface area contributed by atoms with Gasteiger partial charge in [-0.05, 0) is 31.1 Å². The number of unbranched alkanes of at least 4 members (excludes halogenated alkanes) is 2. The van der Waals surface area contributed by atoms with Crippen molar-refractivity contribution >= 4 is 17.9 Å². The highest BCUT2D eigenvalue weighted by Gasteiger charge is 1.98. The smallest absolute Gasteiger partial charge is 0.244 e. The molecule has 1 aromatic heterocycles. The van der Waals surface area contributed by atoms with Gasteiger partial charge in [0.05, 0.1) is 6.26 Å². The van der Waals surface area contributed by atoms with Crippen molar-refractivity contribution in [3.63, 3.8) is 0 Å². The van der Waals surface area contributed by atoms with Gasteiger partial charge in [-0.2, -0.15) is 0 Å². The van der Waals surface area contributed by atoms with Crippen molar-refractivity contribution in [2.24, 2.45) is 0 Å². The van der Waals surface area contributed by atoms with Gasteiger partial charge in [-0.25, -0.2) is 0 Å². The first-order valence-corrected chi connectivity index (χ1v) is 6.42. The van der Waals surface area contributed by atoms with E-state index in [4.69, 9.17) is 4.42 Å². The SMILES string of the molecule is CNC(=O)CCCCCNC(=O)/C=C/c1ccco1. The van der Waals surface area contributed by atoms with E-state index in [1.54, 1.807) is 31.5 Å². The molecule has 0 aromatic carbocycles. The summed E-state index contributed by atoms with van der Waals surface area (Å²) in [6.07, 6.45) is 7.82. The number of hydrogen-bond donors (Lipinski definition) is 2. The molecule has 104 valence electrons. The third kappa shape index (κ3) is 7.08. The van der Waals surface area contributed by atoms with Crippen LogP contribution in [0.4, 0.5) is 0 Å². The molecular weight excluding hydrogens is 244 g/mol. The van der Waals surface area contributed by atoms with E-state index in [-0.39, 0.29) is 11.8 Å². The Hall–Kier alpha value is -2.04. The molecule has 1 rings (SSSR count). The maximum Gasteiger partial charge on any atom is 0.244 e. The largest absolute Gasteiger partial charge is 0.465 e. The number of furan rings is 1. The summed E-state index contributed by atoms with van der Waals surface area (Å²) in [6, 6.07) is 3.55. The van der Waals surface area contributed by atoms with Gasteiger partial charge in [-0.15, -0.1) is 0 Å². The van der Waals surface area contributed by atoms with E-state index in [0.717, 1.165) is 19.3 Å².